The van der Waals surface area contributed by atoms with Crippen molar-refractivity contribution in [2.24, 2.45) is 11.8 Å². The summed E-state index contributed by atoms with van der Waals surface area (Å²) in [7, 11) is -3.63. The molecular formula is C15H22ClNO3S. The molecule has 4 nitrogen and oxygen atoms in total. The largest absolute Gasteiger partial charge is 0.392 e. The Labute approximate surface area is 131 Å². The van der Waals surface area contributed by atoms with Gasteiger partial charge in [-0.1, -0.05) is 37.4 Å². The molecule has 0 radical (unpaired) electrons. The molecule has 0 aromatic heterocycles. The second-order valence-corrected chi connectivity index (χ2v) is 8.06. The molecule has 2 N–H and O–H groups in total. The fraction of sp³-hybridized carbons (Fsp3) is 0.600. The monoisotopic (exact) mass is 331 g/mol. The third-order valence-electron chi connectivity index (χ3n) is 4.07. The van der Waals surface area contributed by atoms with Gasteiger partial charge in [-0.3, -0.25) is 0 Å². The van der Waals surface area contributed by atoms with Gasteiger partial charge in [0, 0.05) is 6.54 Å². The summed E-state index contributed by atoms with van der Waals surface area (Å²) in [6, 6.07) is 4.54. The minimum Gasteiger partial charge on any atom is -0.392 e. The van der Waals surface area contributed by atoms with E-state index in [1.165, 1.54) is 18.6 Å². The molecule has 1 aromatic carbocycles. The molecule has 0 saturated heterocycles. The highest BCUT2D eigenvalue weighted by atomic mass is 35.5. The van der Waals surface area contributed by atoms with E-state index in [1.54, 1.807) is 6.07 Å². The van der Waals surface area contributed by atoms with Crippen LogP contribution in [-0.2, 0) is 16.6 Å². The van der Waals surface area contributed by atoms with Gasteiger partial charge < -0.3 is 5.11 Å². The first-order valence-electron chi connectivity index (χ1n) is 7.31. The number of hydrogen-bond acceptors (Lipinski definition) is 3. The van der Waals surface area contributed by atoms with Crippen LogP contribution in [0.2, 0.25) is 5.02 Å². The molecule has 118 valence electrons. The molecule has 2 atom stereocenters. The fourth-order valence-electron chi connectivity index (χ4n) is 2.90. The zero-order valence-corrected chi connectivity index (χ0v) is 13.8. The van der Waals surface area contributed by atoms with Crippen molar-refractivity contribution in [2.45, 2.75) is 44.1 Å². The van der Waals surface area contributed by atoms with Gasteiger partial charge in [-0.2, -0.15) is 0 Å². The lowest BCUT2D eigenvalue weighted by Gasteiger charge is -2.26. The van der Waals surface area contributed by atoms with Gasteiger partial charge in [-0.05, 0) is 42.4 Å². The summed E-state index contributed by atoms with van der Waals surface area (Å²) in [6.45, 7) is 2.45. The standard InChI is InChI=1S/C15H22ClNO3S/c1-11-3-2-4-12(7-11)9-17-21(19,20)15-8-13(10-18)5-6-14(15)16/h5-6,8,11-12,17-18H,2-4,7,9-10H2,1H3. The Kier molecular flexibility index (Phi) is 5.66. The summed E-state index contributed by atoms with van der Waals surface area (Å²) < 4.78 is 27.4. The Hall–Kier alpha value is -0.620. The first-order chi connectivity index (χ1) is 9.92. The van der Waals surface area contributed by atoms with Crippen LogP contribution in [0.15, 0.2) is 23.1 Å². The van der Waals surface area contributed by atoms with Crippen LogP contribution in [0.1, 0.15) is 38.2 Å². The van der Waals surface area contributed by atoms with Crippen LogP contribution in [0.25, 0.3) is 0 Å². The number of sulfonamides is 1. The summed E-state index contributed by atoms with van der Waals surface area (Å²) in [5.74, 6) is 1.05. The summed E-state index contributed by atoms with van der Waals surface area (Å²) in [4.78, 5) is 0.0413. The number of nitrogens with one attached hydrogen (secondary N) is 1. The Bertz CT molecular complexity index is 589. The third kappa shape index (κ3) is 4.42. The number of rotatable bonds is 5. The summed E-state index contributed by atoms with van der Waals surface area (Å²) in [5.41, 5.74) is 0.533. The third-order valence-corrected chi connectivity index (χ3v) is 5.98. The molecule has 1 aliphatic carbocycles. The Morgan fingerprint density at radius 2 is 2.14 bits per heavy atom. The molecule has 2 unspecified atom stereocenters. The highest BCUT2D eigenvalue weighted by Gasteiger charge is 2.23. The van der Waals surface area contributed by atoms with Gasteiger partial charge in [-0.15, -0.1) is 0 Å². The van der Waals surface area contributed by atoms with Gasteiger partial charge in [0.1, 0.15) is 4.90 Å². The molecule has 0 bridgehead atoms. The Balaban J connectivity index is 2.08. The van der Waals surface area contributed by atoms with Gasteiger partial charge >= 0.3 is 0 Å². The maximum Gasteiger partial charge on any atom is 0.242 e. The van der Waals surface area contributed by atoms with Gasteiger partial charge in [0.25, 0.3) is 0 Å². The fourth-order valence-corrected chi connectivity index (χ4v) is 4.57. The van der Waals surface area contributed by atoms with Crippen LogP contribution >= 0.6 is 11.6 Å². The van der Waals surface area contributed by atoms with Gasteiger partial charge in [0.15, 0.2) is 0 Å². The average molecular weight is 332 g/mol. The molecule has 0 aliphatic heterocycles. The highest BCUT2D eigenvalue weighted by molar-refractivity contribution is 7.89. The van der Waals surface area contributed by atoms with Crippen LogP contribution in [-0.4, -0.2) is 20.1 Å². The van der Waals surface area contributed by atoms with E-state index >= 15 is 0 Å². The lowest BCUT2D eigenvalue weighted by atomic mass is 9.83. The predicted molar refractivity (Wildman–Crippen MR) is 83.7 cm³/mol. The van der Waals surface area contributed by atoms with Crippen molar-refractivity contribution in [1.29, 1.82) is 0 Å². The normalized spacial score (nSPS) is 23.2. The number of aliphatic hydroxyl groups excluding tert-OH is 1. The molecule has 1 aliphatic rings. The van der Waals surface area contributed by atoms with E-state index in [9.17, 15) is 8.42 Å². The topological polar surface area (TPSA) is 66.4 Å². The second kappa shape index (κ2) is 7.09. The summed E-state index contributed by atoms with van der Waals surface area (Å²) >= 11 is 5.98. The quantitative estimate of drug-likeness (QED) is 0.871. The van der Waals surface area contributed by atoms with Crippen molar-refractivity contribution >= 4 is 21.6 Å². The van der Waals surface area contributed by atoms with Crippen molar-refractivity contribution in [3.05, 3.63) is 28.8 Å². The SMILES string of the molecule is CC1CCCC(CNS(=O)(=O)c2cc(CO)ccc2Cl)C1. The second-order valence-electron chi connectivity index (χ2n) is 5.91. The maximum atomic E-state index is 12.4. The van der Waals surface area contributed by atoms with Crippen molar-refractivity contribution in [3.63, 3.8) is 0 Å². The number of benzene rings is 1. The van der Waals surface area contributed by atoms with E-state index in [1.807, 2.05) is 0 Å². The molecule has 0 spiro atoms. The van der Waals surface area contributed by atoms with E-state index in [0.717, 1.165) is 19.3 Å². The lowest BCUT2D eigenvalue weighted by molar-refractivity contribution is 0.281. The molecule has 6 heteroatoms. The summed E-state index contributed by atoms with van der Waals surface area (Å²) in [6.07, 6.45) is 4.52. The van der Waals surface area contributed by atoms with Crippen molar-refractivity contribution < 1.29 is 13.5 Å². The van der Waals surface area contributed by atoms with Crippen LogP contribution in [0, 0.1) is 11.8 Å². The Morgan fingerprint density at radius 3 is 2.81 bits per heavy atom. The van der Waals surface area contributed by atoms with E-state index in [2.05, 4.69) is 11.6 Å². The van der Waals surface area contributed by atoms with Crippen molar-refractivity contribution in [2.75, 3.05) is 6.54 Å². The highest BCUT2D eigenvalue weighted by Crippen LogP contribution is 2.29. The van der Waals surface area contributed by atoms with E-state index in [0.29, 0.717) is 23.9 Å². The number of halogens is 1. The summed E-state index contributed by atoms with van der Waals surface area (Å²) in [5, 5.41) is 9.30. The molecule has 1 saturated carbocycles. The van der Waals surface area contributed by atoms with E-state index < -0.39 is 10.0 Å². The molecule has 2 rings (SSSR count). The maximum absolute atomic E-state index is 12.4. The number of aliphatic hydroxyl groups is 1. The van der Waals surface area contributed by atoms with E-state index in [4.69, 9.17) is 16.7 Å². The van der Waals surface area contributed by atoms with Gasteiger partial charge in [-0.25, -0.2) is 13.1 Å². The molecule has 1 aromatic rings. The van der Waals surface area contributed by atoms with Crippen LogP contribution in [0.3, 0.4) is 0 Å². The first kappa shape index (κ1) is 16.7. The average Bonchev–Trinajstić information content (AvgIpc) is 2.46. The number of hydrogen-bond donors (Lipinski definition) is 2. The van der Waals surface area contributed by atoms with Gasteiger partial charge in [0.2, 0.25) is 10.0 Å². The lowest BCUT2D eigenvalue weighted by Crippen LogP contribution is -2.31. The van der Waals surface area contributed by atoms with Crippen molar-refractivity contribution in [3.8, 4) is 0 Å². The smallest absolute Gasteiger partial charge is 0.242 e. The molecule has 0 heterocycles. The minimum atomic E-state index is -3.63. The van der Waals surface area contributed by atoms with E-state index in [-0.39, 0.29) is 16.5 Å². The van der Waals surface area contributed by atoms with Crippen LogP contribution in [0.5, 0.6) is 0 Å². The molecule has 0 amide bonds. The van der Waals surface area contributed by atoms with Crippen LogP contribution < -0.4 is 4.72 Å². The van der Waals surface area contributed by atoms with Crippen molar-refractivity contribution in [1.82, 2.24) is 4.72 Å². The van der Waals surface area contributed by atoms with Crippen LogP contribution in [0.4, 0.5) is 0 Å². The molecular weight excluding hydrogens is 310 g/mol. The first-order valence-corrected chi connectivity index (χ1v) is 9.17. The molecule has 1 fully saturated rings. The Morgan fingerprint density at radius 1 is 1.38 bits per heavy atom. The zero-order chi connectivity index (χ0) is 15.5. The van der Waals surface area contributed by atoms with Gasteiger partial charge in [0.05, 0.1) is 11.6 Å². The zero-order valence-electron chi connectivity index (χ0n) is 12.2. The molecule has 21 heavy (non-hydrogen) atoms. The predicted octanol–water partition coefficient (Wildman–Crippen LogP) is 2.94. The minimum absolute atomic E-state index is 0.0413.